The van der Waals surface area contributed by atoms with Crippen LogP contribution in [0.25, 0.3) is 10.9 Å². The molecule has 0 spiro atoms. The molecule has 2 aromatic carbocycles. The van der Waals surface area contributed by atoms with Gasteiger partial charge in [0.25, 0.3) is 0 Å². The van der Waals surface area contributed by atoms with Gasteiger partial charge in [-0.3, -0.25) is 103 Å². The number of nitrogens with one attached hydrogen (secondary N) is 22. The van der Waals surface area contributed by atoms with Crippen LogP contribution in [0.4, 0.5) is 0 Å². The number of benzene rings is 2. The van der Waals surface area contributed by atoms with Crippen molar-refractivity contribution in [3.8, 4) is 5.75 Å². The highest BCUT2D eigenvalue weighted by Crippen LogP contribution is 2.28. The number of amides is 16. The van der Waals surface area contributed by atoms with Gasteiger partial charge in [-0.05, 0) is 149 Å². The summed E-state index contributed by atoms with van der Waals surface area (Å²) in [7, 11) is 1.47. The van der Waals surface area contributed by atoms with E-state index in [0.29, 0.717) is 22.0 Å². The molecular weight excluding hydrogens is 1960 g/mol. The molecule has 16 amide bonds. The molecule has 2 aliphatic rings. The molecule has 55 heteroatoms. The molecule has 0 aliphatic carbocycles. The van der Waals surface area contributed by atoms with Gasteiger partial charge < -0.3 is 154 Å². The SMILES string of the molecule is CSCC[C@@H]1NC(=O)[C@@H](NC(=O)C(CCCNC(=N)N)NC(=O)[C@H](CCSC)NC(=O)[C@@H](NC(=O)[C@@H](N)CC(=O)O)[C@@H](C)O)CSSC[C@@H](C(=O)N[C@@H](Cc2c[nH]c3ccccc23)C(=O)N[C@@H](CCC(=O)O)C(=O)N[C@H](C(=O)O)C(C)C)NC(=O)[C@@H]2CCCN2C(=O)[C@H](CCCNC(=N)N)NC(=O)[C@H](Cc2ccc(O)cc2)NC(=O)[C@H](C(C)C)NC(=O)[C@H](CCCNC(=N)N)NC(=O)CNC(=O)[C@H](C(C)C)NC1=O. The Morgan fingerprint density at radius 1 is 0.535 bits per heavy atom. The van der Waals surface area contributed by atoms with Crippen LogP contribution in [0.1, 0.15) is 143 Å². The molecule has 3 aromatic rings. The molecule has 1 aromatic heterocycles. The first kappa shape index (κ1) is 121. The predicted octanol–water partition coefficient (Wildman–Crippen LogP) is -5.66. The number of carboxylic acid groups (broad SMARTS) is 3. The lowest BCUT2D eigenvalue weighted by molar-refractivity contribution is -0.144. The third-order valence-electron chi connectivity index (χ3n) is 23.0. The highest BCUT2D eigenvalue weighted by Gasteiger charge is 2.44. The molecule has 0 bridgehead atoms. The van der Waals surface area contributed by atoms with Crippen molar-refractivity contribution in [2.75, 3.05) is 68.2 Å². The first-order valence-electron chi connectivity index (χ1n) is 46.8. The molecule has 2 saturated heterocycles. The number of aromatic nitrogens is 1. The minimum atomic E-state index is -1.89. The van der Waals surface area contributed by atoms with Crippen molar-refractivity contribution in [2.24, 2.45) is 40.7 Å². The Morgan fingerprint density at radius 3 is 1.64 bits per heavy atom. The van der Waals surface area contributed by atoms with Crippen LogP contribution in [0.2, 0.25) is 0 Å². The first-order chi connectivity index (χ1) is 68.0. The van der Waals surface area contributed by atoms with Crippen molar-refractivity contribution in [3.05, 3.63) is 65.9 Å². The van der Waals surface area contributed by atoms with Gasteiger partial charge in [-0.1, -0.05) is 93.5 Å². The van der Waals surface area contributed by atoms with Gasteiger partial charge in [0.2, 0.25) is 94.5 Å². The fourth-order valence-corrected chi connectivity index (χ4v) is 18.3. The van der Waals surface area contributed by atoms with E-state index in [-0.39, 0.29) is 114 Å². The van der Waals surface area contributed by atoms with Gasteiger partial charge in [0.15, 0.2) is 17.9 Å². The number of carboxylic acids is 3. The number of para-hydroxylation sites is 1. The van der Waals surface area contributed by atoms with E-state index in [2.05, 4.69) is 101 Å². The second-order valence-corrected chi connectivity index (χ2v) is 40.0. The number of thioether (sulfide) groups is 2. The van der Waals surface area contributed by atoms with E-state index < -0.39 is 295 Å². The number of H-pyrrole nitrogens is 1. The van der Waals surface area contributed by atoms with Crippen LogP contribution >= 0.6 is 45.1 Å². The zero-order valence-electron chi connectivity index (χ0n) is 81.6. The summed E-state index contributed by atoms with van der Waals surface area (Å²) in [6.07, 6.45) is -1.24. The zero-order valence-corrected chi connectivity index (χ0v) is 84.9. The highest BCUT2D eigenvalue weighted by molar-refractivity contribution is 8.76. The lowest BCUT2D eigenvalue weighted by Gasteiger charge is -2.31. The number of aliphatic hydroxyl groups is 1. The Balaban J connectivity index is 1.80. The third kappa shape index (κ3) is 41.7. The topological polar surface area (TPSA) is 837 Å². The molecule has 35 N–H and O–H groups in total. The van der Waals surface area contributed by atoms with Crippen molar-refractivity contribution in [1.29, 1.82) is 16.2 Å². The number of phenolic OH excluding ortho intramolecular Hbond substituents is 1. The summed E-state index contributed by atoms with van der Waals surface area (Å²) in [5.41, 5.74) is 23.9. The van der Waals surface area contributed by atoms with Crippen LogP contribution in [-0.2, 0) is 104 Å². The van der Waals surface area contributed by atoms with Crippen LogP contribution in [0.3, 0.4) is 0 Å². The average molecular weight is 2100 g/mol. The van der Waals surface area contributed by atoms with Crippen molar-refractivity contribution < 1.29 is 117 Å². The average Bonchev–Trinajstić information content (AvgIpc) is 1.56. The van der Waals surface area contributed by atoms with Crippen molar-refractivity contribution in [3.63, 3.8) is 0 Å². The maximum atomic E-state index is 15.9. The zero-order chi connectivity index (χ0) is 107. The van der Waals surface area contributed by atoms with Gasteiger partial charge in [0, 0.05) is 74.0 Å². The smallest absolute Gasteiger partial charge is 0.326 e. The number of carbonyl (C=O) groups is 19. The number of fused-ring (bicyclic) bond motifs is 2. The molecule has 17 atom stereocenters. The Bertz CT molecular complexity index is 4960. The highest BCUT2D eigenvalue weighted by atomic mass is 33.1. The lowest BCUT2D eigenvalue weighted by atomic mass is 9.99. The fourth-order valence-electron chi connectivity index (χ4n) is 15.1. The molecule has 2 fully saturated rings. The number of hydrogen-bond donors (Lipinski definition) is 31. The summed E-state index contributed by atoms with van der Waals surface area (Å²) >= 11 is 2.43. The number of rotatable bonds is 46. The third-order valence-corrected chi connectivity index (χ3v) is 26.7. The summed E-state index contributed by atoms with van der Waals surface area (Å²) in [6, 6.07) is -14.5. The largest absolute Gasteiger partial charge is 0.508 e. The minimum absolute atomic E-state index is 0.00796. The summed E-state index contributed by atoms with van der Waals surface area (Å²) in [4.78, 5) is 279. The van der Waals surface area contributed by atoms with Crippen molar-refractivity contribution in [2.45, 2.75) is 248 Å². The van der Waals surface area contributed by atoms with E-state index in [1.54, 1.807) is 50.6 Å². The van der Waals surface area contributed by atoms with Gasteiger partial charge in [0.05, 0.1) is 25.1 Å². The number of aromatic hydroxyl groups is 1. The molecule has 0 radical (unpaired) electrons. The number of guanidine groups is 3. The fraction of sp³-hybridized carbons (Fsp3) is 0.596. The summed E-state index contributed by atoms with van der Waals surface area (Å²) in [5, 5.41) is 121. The molecule has 51 nitrogen and oxygen atoms in total. The maximum Gasteiger partial charge on any atom is 0.326 e. The number of carbonyl (C=O) groups excluding carboxylic acids is 16. The molecular formula is C89H139N27O24S4. The quantitative estimate of drug-likeness (QED) is 0.0108. The van der Waals surface area contributed by atoms with Gasteiger partial charge in [-0.2, -0.15) is 23.5 Å². The number of aliphatic hydroxyl groups excluding tert-OH is 1. The Morgan fingerprint density at radius 2 is 1.06 bits per heavy atom. The molecule has 798 valence electrons. The van der Waals surface area contributed by atoms with Gasteiger partial charge in [-0.15, -0.1) is 0 Å². The van der Waals surface area contributed by atoms with Crippen LogP contribution in [0, 0.1) is 34.0 Å². The normalized spacial score (nSPS) is 20.7. The Hall–Kier alpha value is -13.2. The van der Waals surface area contributed by atoms with Crippen LogP contribution in [-0.4, -0.2) is 337 Å². The van der Waals surface area contributed by atoms with Crippen LogP contribution in [0.5, 0.6) is 5.75 Å². The van der Waals surface area contributed by atoms with Crippen LogP contribution in [0.15, 0.2) is 54.7 Å². The molecule has 0 saturated carbocycles. The minimum Gasteiger partial charge on any atom is -0.508 e. The van der Waals surface area contributed by atoms with E-state index in [4.69, 9.17) is 39.2 Å². The van der Waals surface area contributed by atoms with Gasteiger partial charge in [-0.25, -0.2) is 4.79 Å². The van der Waals surface area contributed by atoms with Gasteiger partial charge >= 0.3 is 17.9 Å². The molecule has 2 aliphatic heterocycles. The van der Waals surface area contributed by atoms with Crippen molar-refractivity contribution in [1.82, 2.24) is 106 Å². The maximum absolute atomic E-state index is 15.9. The van der Waals surface area contributed by atoms with Gasteiger partial charge in [0.1, 0.15) is 96.4 Å². The summed E-state index contributed by atoms with van der Waals surface area (Å²) in [6.45, 7) is 8.99. The van der Waals surface area contributed by atoms with E-state index in [0.717, 1.165) is 33.4 Å². The second-order valence-electron chi connectivity index (χ2n) is 35.5. The molecule has 144 heavy (non-hydrogen) atoms. The molecule has 3 heterocycles. The number of nitrogens with zero attached hydrogens (tertiary/aromatic N) is 1. The lowest BCUT2D eigenvalue weighted by Crippen LogP contribution is -2.61. The predicted molar refractivity (Wildman–Crippen MR) is 538 cm³/mol. The van der Waals surface area contributed by atoms with Crippen LogP contribution < -0.4 is 119 Å². The monoisotopic (exact) mass is 2100 g/mol. The first-order valence-corrected chi connectivity index (χ1v) is 52.0. The molecule has 5 rings (SSSR count). The number of phenols is 1. The number of hydrogen-bond acceptors (Lipinski definition) is 29. The Kier molecular flexibility index (Phi) is 52.0. The van der Waals surface area contributed by atoms with E-state index >= 15 is 38.4 Å². The number of nitrogens with two attached hydrogens (primary N) is 4. The number of aromatic amines is 1. The van der Waals surface area contributed by atoms with E-state index in [1.165, 1.54) is 81.7 Å². The van der Waals surface area contributed by atoms with E-state index in [9.17, 15) is 78.3 Å². The summed E-state index contributed by atoms with van der Waals surface area (Å²) < 4.78 is 0. The standard InChI is InChI=1S/C89H139N27O24S4/c1-43(2)67-82(135)101-40-64(119)102-53(18-12-30-97-87(91)92)74(127)113-68(44(3)4)83(136)109-59(36-47-22-24-49(118)25-23-47)77(130)107-58(20-14-32-99-89(95)96)85(138)116-33-15-21-63(116)81(134)111-62(80(133)108-60(37-48-39-100-52-17-11-10-16-50(48)52)78(131)104-55(26-27-65(120)121)75(128)114-69(45(5)6)86(139)140)42-144-143-41-61(79(132)105-57(29-35-142-9)76(129)112-67)110-72(125)54(19-13-31-98-88(93)94)103-73(126)56(28-34-141-8)106-84(137)70(46(7)117)115-71(124)51(90)38-66(122)123/h10-11,16-17,22-25,39,43-46,51,53-63,67-70,100,117-118H,12-15,18-21,26-38,40-42,90H2,1-9H3,(H,101,135)(H,102,119)(H,103,126)(H,104,131)(H,105,132)(H,106,137)(H,107,130)(H,108,133)(H,109,136)(H,110,125)(H,111,134)(H,112,129)(H,113,127)(H,114,128)(H,115,124)(H,120,121)(H,122,123)(H,139,140)(H4,91,92,97)(H4,93,94,98)(H4,95,96,99)/t46-,51+,53+,54?,55+,56+,57+,58+,59+,60+,61+,62+,63+,67+,68+,69+,70+/m1/s1. The van der Waals surface area contributed by atoms with E-state index in [1.807, 2.05) is 0 Å². The second kappa shape index (κ2) is 61.7. The number of aliphatic carboxylic acids is 3. The van der Waals surface area contributed by atoms with Crippen molar-refractivity contribution >= 4 is 186 Å². The summed E-state index contributed by atoms with van der Waals surface area (Å²) in [5.74, 6) is -26.2. The Labute approximate surface area is 848 Å². The molecule has 1 unspecified atom stereocenters.